The Morgan fingerprint density at radius 2 is 2.00 bits per heavy atom. The van der Waals surface area contributed by atoms with Crippen LogP contribution in [0.1, 0.15) is 65.7 Å². The molecule has 106 valence electrons. The van der Waals surface area contributed by atoms with Gasteiger partial charge in [-0.3, -0.25) is 10.1 Å². The minimum atomic E-state index is 0.288. The highest BCUT2D eigenvalue weighted by atomic mass is 16.2. The largest absolute Gasteiger partial charge is 0.326 e. The van der Waals surface area contributed by atoms with Crippen LogP contribution in [0.3, 0.4) is 0 Å². The average Bonchev–Trinajstić information content (AvgIpc) is 2.66. The molecule has 0 aliphatic carbocycles. The molecule has 0 aromatic heterocycles. The lowest BCUT2D eigenvalue weighted by Gasteiger charge is -2.23. The van der Waals surface area contributed by atoms with Gasteiger partial charge in [0.2, 0.25) is 5.91 Å². The molecule has 0 spiro atoms. The van der Waals surface area contributed by atoms with Gasteiger partial charge in [-0.1, -0.05) is 52.9 Å². The molecule has 0 aromatic rings. The molecule has 18 heavy (non-hydrogen) atoms. The molecule has 0 saturated carbocycles. The quantitative estimate of drug-likeness (QED) is 0.641. The molecule has 1 fully saturated rings. The lowest BCUT2D eigenvalue weighted by atomic mass is 10.0. The van der Waals surface area contributed by atoms with Crippen molar-refractivity contribution in [3.63, 3.8) is 0 Å². The van der Waals surface area contributed by atoms with Gasteiger partial charge >= 0.3 is 0 Å². The topological polar surface area (TPSA) is 32.3 Å². The van der Waals surface area contributed by atoms with Crippen molar-refractivity contribution in [1.29, 1.82) is 0 Å². The highest BCUT2D eigenvalue weighted by Crippen LogP contribution is 2.14. The first-order chi connectivity index (χ1) is 8.65. The van der Waals surface area contributed by atoms with Crippen molar-refractivity contribution in [3.05, 3.63) is 0 Å². The number of carbonyl (C=O) groups is 1. The first-order valence-corrected chi connectivity index (χ1v) is 7.68. The maximum Gasteiger partial charge on any atom is 0.237 e. The number of hydrogen-bond acceptors (Lipinski definition) is 2. The van der Waals surface area contributed by atoms with E-state index in [9.17, 15) is 4.79 Å². The van der Waals surface area contributed by atoms with E-state index >= 15 is 0 Å². The highest BCUT2D eigenvalue weighted by molar-refractivity contribution is 5.80. The highest BCUT2D eigenvalue weighted by Gasteiger charge is 2.28. The Balaban J connectivity index is 2.11. The van der Waals surface area contributed by atoms with Crippen molar-refractivity contribution in [2.45, 2.75) is 71.9 Å². The van der Waals surface area contributed by atoms with Gasteiger partial charge in [-0.05, 0) is 18.8 Å². The second-order valence-corrected chi connectivity index (χ2v) is 5.87. The number of carbonyl (C=O) groups excluding carboxylic acids is 1. The molecule has 1 amide bonds. The summed E-state index contributed by atoms with van der Waals surface area (Å²) < 4.78 is 0. The number of unbranched alkanes of at least 4 members (excludes halogenated alkanes) is 3. The second-order valence-electron chi connectivity index (χ2n) is 5.87. The van der Waals surface area contributed by atoms with E-state index in [0.717, 1.165) is 31.7 Å². The average molecular weight is 254 g/mol. The smallest absolute Gasteiger partial charge is 0.237 e. The Morgan fingerprint density at radius 3 is 2.67 bits per heavy atom. The maximum absolute atomic E-state index is 11.7. The number of rotatable bonds is 9. The minimum Gasteiger partial charge on any atom is -0.326 e. The Kier molecular flexibility index (Phi) is 7.33. The van der Waals surface area contributed by atoms with Crippen molar-refractivity contribution >= 4 is 5.91 Å². The zero-order valence-corrected chi connectivity index (χ0v) is 12.4. The molecule has 1 N–H and O–H groups in total. The third-order valence-electron chi connectivity index (χ3n) is 3.68. The van der Waals surface area contributed by atoms with Gasteiger partial charge < -0.3 is 4.90 Å². The zero-order valence-electron chi connectivity index (χ0n) is 12.4. The van der Waals surface area contributed by atoms with Crippen molar-refractivity contribution in [2.75, 3.05) is 13.1 Å². The summed E-state index contributed by atoms with van der Waals surface area (Å²) >= 11 is 0. The molecule has 1 aliphatic heterocycles. The van der Waals surface area contributed by atoms with E-state index in [4.69, 9.17) is 0 Å². The summed E-state index contributed by atoms with van der Waals surface area (Å²) in [7, 11) is 0. The Morgan fingerprint density at radius 1 is 1.28 bits per heavy atom. The van der Waals surface area contributed by atoms with E-state index in [0.29, 0.717) is 12.7 Å². The van der Waals surface area contributed by atoms with Crippen LogP contribution in [0, 0.1) is 5.92 Å². The standard InChI is InChI=1S/C15H30N2O/c1-4-9-14-16-12-15(18)17(14)11-8-6-5-7-10-13(2)3/h13-14,16H,4-12H2,1-3H3. The lowest BCUT2D eigenvalue weighted by molar-refractivity contribution is -0.128. The lowest BCUT2D eigenvalue weighted by Crippen LogP contribution is -2.37. The fraction of sp³-hybridized carbons (Fsp3) is 0.933. The molecular weight excluding hydrogens is 224 g/mol. The summed E-state index contributed by atoms with van der Waals surface area (Å²) in [5.41, 5.74) is 0. The van der Waals surface area contributed by atoms with Crippen molar-refractivity contribution in [1.82, 2.24) is 10.2 Å². The van der Waals surface area contributed by atoms with Crippen LogP contribution in [0.25, 0.3) is 0 Å². The molecule has 1 aliphatic rings. The van der Waals surface area contributed by atoms with Crippen LogP contribution in [0.5, 0.6) is 0 Å². The zero-order chi connectivity index (χ0) is 13.4. The van der Waals surface area contributed by atoms with Crippen molar-refractivity contribution in [3.8, 4) is 0 Å². The van der Waals surface area contributed by atoms with Crippen LogP contribution in [0.15, 0.2) is 0 Å². The summed E-state index contributed by atoms with van der Waals surface area (Å²) in [6, 6.07) is 0. The van der Waals surface area contributed by atoms with E-state index in [2.05, 4.69) is 26.1 Å². The van der Waals surface area contributed by atoms with Crippen LogP contribution >= 0.6 is 0 Å². The van der Waals surface area contributed by atoms with Crippen LogP contribution in [0.4, 0.5) is 0 Å². The van der Waals surface area contributed by atoms with E-state index in [-0.39, 0.29) is 5.91 Å². The van der Waals surface area contributed by atoms with Gasteiger partial charge in [0, 0.05) is 6.54 Å². The number of nitrogens with one attached hydrogen (secondary N) is 1. The minimum absolute atomic E-state index is 0.288. The summed E-state index contributed by atoms with van der Waals surface area (Å²) in [6.45, 7) is 8.22. The van der Waals surface area contributed by atoms with Crippen LogP contribution in [-0.2, 0) is 4.79 Å². The van der Waals surface area contributed by atoms with Crippen LogP contribution in [0.2, 0.25) is 0 Å². The third-order valence-corrected chi connectivity index (χ3v) is 3.68. The molecule has 1 unspecified atom stereocenters. The molecule has 0 aromatic carbocycles. The summed E-state index contributed by atoms with van der Waals surface area (Å²) in [6.07, 6.45) is 8.92. The van der Waals surface area contributed by atoms with E-state index < -0.39 is 0 Å². The van der Waals surface area contributed by atoms with Gasteiger partial charge in [-0.25, -0.2) is 0 Å². The molecule has 1 saturated heterocycles. The fourth-order valence-corrected chi connectivity index (χ4v) is 2.59. The van der Waals surface area contributed by atoms with Crippen LogP contribution in [-0.4, -0.2) is 30.1 Å². The summed E-state index contributed by atoms with van der Waals surface area (Å²) in [5.74, 6) is 1.11. The van der Waals surface area contributed by atoms with Crippen molar-refractivity contribution < 1.29 is 4.79 Å². The summed E-state index contributed by atoms with van der Waals surface area (Å²) in [5, 5.41) is 3.30. The van der Waals surface area contributed by atoms with E-state index in [1.807, 2.05) is 4.90 Å². The van der Waals surface area contributed by atoms with Gasteiger partial charge in [0.05, 0.1) is 12.7 Å². The summed E-state index contributed by atoms with van der Waals surface area (Å²) in [4.78, 5) is 13.8. The Labute approximate surface area is 112 Å². The van der Waals surface area contributed by atoms with Gasteiger partial charge in [0.15, 0.2) is 0 Å². The first kappa shape index (κ1) is 15.5. The SMILES string of the molecule is CCCC1NCC(=O)N1CCCCCCC(C)C. The predicted molar refractivity (Wildman–Crippen MR) is 76.3 cm³/mol. The molecule has 1 rings (SSSR count). The molecule has 0 bridgehead atoms. The molecule has 1 heterocycles. The van der Waals surface area contributed by atoms with Crippen LogP contribution < -0.4 is 5.32 Å². The number of hydrogen-bond donors (Lipinski definition) is 1. The molecule has 1 atom stereocenters. The fourth-order valence-electron chi connectivity index (χ4n) is 2.59. The van der Waals surface area contributed by atoms with Gasteiger partial charge in [0.25, 0.3) is 0 Å². The van der Waals surface area contributed by atoms with Gasteiger partial charge in [0.1, 0.15) is 0 Å². The van der Waals surface area contributed by atoms with Gasteiger partial charge in [-0.2, -0.15) is 0 Å². The van der Waals surface area contributed by atoms with E-state index in [1.165, 1.54) is 25.7 Å². The monoisotopic (exact) mass is 254 g/mol. The molecular formula is C15H30N2O. The molecule has 3 heteroatoms. The first-order valence-electron chi connectivity index (χ1n) is 7.68. The Bertz CT molecular complexity index is 241. The maximum atomic E-state index is 11.7. The third kappa shape index (κ3) is 5.38. The molecule has 0 radical (unpaired) electrons. The van der Waals surface area contributed by atoms with Gasteiger partial charge in [-0.15, -0.1) is 0 Å². The Hall–Kier alpha value is -0.570. The van der Waals surface area contributed by atoms with E-state index in [1.54, 1.807) is 0 Å². The second kappa shape index (κ2) is 8.52. The predicted octanol–water partition coefficient (Wildman–Crippen LogP) is 3.15. The molecule has 3 nitrogen and oxygen atoms in total. The number of amides is 1. The normalized spacial score (nSPS) is 20.1. The van der Waals surface area contributed by atoms with Crippen molar-refractivity contribution in [2.24, 2.45) is 5.92 Å². The number of nitrogens with zero attached hydrogens (tertiary/aromatic N) is 1.